The molecule has 0 radical (unpaired) electrons. The average molecular weight is 381 g/mol. The first-order chi connectivity index (χ1) is 13.7. The Hall–Kier alpha value is -2.47. The maximum atomic E-state index is 12.6. The van der Waals surface area contributed by atoms with Crippen LogP contribution in [0.25, 0.3) is 0 Å². The molecule has 1 aromatic heterocycles. The summed E-state index contributed by atoms with van der Waals surface area (Å²) in [5.41, 5.74) is 1.03. The van der Waals surface area contributed by atoms with Gasteiger partial charge >= 0.3 is 0 Å². The number of carbonyl (C=O) groups is 1. The SMILES string of the molecule is O=C(CCc1ccccc1)N1CCC2(CC1)CC(Oc1cnccn1)CCO2. The predicted molar refractivity (Wildman–Crippen MR) is 105 cm³/mol. The van der Waals surface area contributed by atoms with Crippen LogP contribution < -0.4 is 4.74 Å². The monoisotopic (exact) mass is 381 g/mol. The van der Waals surface area contributed by atoms with Crippen LogP contribution in [0, 0.1) is 0 Å². The molecule has 1 spiro atoms. The lowest BCUT2D eigenvalue weighted by Crippen LogP contribution is -2.52. The standard InChI is InChI=1S/C22H27N3O3/c26-21(7-6-18-4-2-1-3-5-18)25-13-9-22(10-14-25)16-19(8-15-27-22)28-20-17-23-11-12-24-20/h1-5,11-12,17,19H,6-10,13-16H2. The Balaban J connectivity index is 1.27. The number of rotatable bonds is 5. The molecular weight excluding hydrogens is 354 g/mol. The van der Waals surface area contributed by atoms with Crippen LogP contribution in [0.3, 0.4) is 0 Å². The van der Waals surface area contributed by atoms with E-state index in [1.165, 1.54) is 5.56 Å². The lowest BCUT2D eigenvalue weighted by molar-refractivity contribution is -0.151. The number of piperidine rings is 1. The molecule has 0 saturated carbocycles. The van der Waals surface area contributed by atoms with Crippen molar-refractivity contribution in [2.75, 3.05) is 19.7 Å². The van der Waals surface area contributed by atoms with Gasteiger partial charge in [-0.15, -0.1) is 0 Å². The van der Waals surface area contributed by atoms with Crippen LogP contribution in [0.5, 0.6) is 5.88 Å². The van der Waals surface area contributed by atoms with E-state index in [4.69, 9.17) is 9.47 Å². The van der Waals surface area contributed by atoms with Gasteiger partial charge in [-0.05, 0) is 24.8 Å². The van der Waals surface area contributed by atoms with Gasteiger partial charge in [0.1, 0.15) is 6.10 Å². The molecule has 1 unspecified atom stereocenters. The molecule has 3 heterocycles. The molecule has 2 aliphatic heterocycles. The summed E-state index contributed by atoms with van der Waals surface area (Å²) < 4.78 is 12.2. The van der Waals surface area contributed by atoms with Crippen LogP contribution in [0.4, 0.5) is 0 Å². The van der Waals surface area contributed by atoms with E-state index in [-0.39, 0.29) is 17.6 Å². The number of carbonyl (C=O) groups excluding carboxylic acids is 1. The zero-order valence-electron chi connectivity index (χ0n) is 16.1. The molecular formula is C22H27N3O3. The summed E-state index contributed by atoms with van der Waals surface area (Å²) in [6, 6.07) is 10.2. The molecule has 0 N–H and O–H groups in total. The van der Waals surface area contributed by atoms with Gasteiger partial charge in [-0.1, -0.05) is 30.3 Å². The smallest absolute Gasteiger partial charge is 0.232 e. The van der Waals surface area contributed by atoms with Crippen LogP contribution in [-0.4, -0.2) is 52.2 Å². The highest BCUT2D eigenvalue weighted by Gasteiger charge is 2.41. The van der Waals surface area contributed by atoms with E-state index in [1.807, 2.05) is 23.1 Å². The third-order valence-electron chi connectivity index (χ3n) is 5.77. The van der Waals surface area contributed by atoms with E-state index in [0.29, 0.717) is 18.9 Å². The van der Waals surface area contributed by atoms with E-state index in [0.717, 1.165) is 45.2 Å². The second-order valence-electron chi connectivity index (χ2n) is 7.67. The first-order valence-corrected chi connectivity index (χ1v) is 10.1. The third kappa shape index (κ3) is 4.68. The molecule has 1 aromatic carbocycles. The first kappa shape index (κ1) is 18.9. The van der Waals surface area contributed by atoms with E-state index in [9.17, 15) is 4.79 Å². The minimum Gasteiger partial charge on any atom is -0.473 e. The average Bonchev–Trinajstić information content (AvgIpc) is 2.74. The maximum Gasteiger partial charge on any atom is 0.232 e. The topological polar surface area (TPSA) is 64.6 Å². The van der Waals surface area contributed by atoms with Gasteiger partial charge in [0.25, 0.3) is 0 Å². The summed E-state index contributed by atoms with van der Waals surface area (Å²) in [4.78, 5) is 22.9. The number of nitrogens with zero attached hydrogens (tertiary/aromatic N) is 3. The Morgan fingerprint density at radius 1 is 1.21 bits per heavy atom. The molecule has 2 fully saturated rings. The number of hydrogen-bond donors (Lipinski definition) is 0. The quantitative estimate of drug-likeness (QED) is 0.797. The van der Waals surface area contributed by atoms with Crippen molar-refractivity contribution in [1.82, 2.24) is 14.9 Å². The summed E-state index contributed by atoms with van der Waals surface area (Å²) in [6.45, 7) is 2.20. The fourth-order valence-electron chi connectivity index (χ4n) is 4.17. The predicted octanol–water partition coefficient (Wildman–Crippen LogP) is 3.03. The number of ether oxygens (including phenoxy) is 2. The molecule has 0 aliphatic carbocycles. The lowest BCUT2D eigenvalue weighted by atomic mass is 9.83. The number of hydrogen-bond acceptors (Lipinski definition) is 5. The van der Waals surface area contributed by atoms with Crippen molar-refractivity contribution in [3.05, 3.63) is 54.5 Å². The molecule has 148 valence electrons. The second-order valence-corrected chi connectivity index (χ2v) is 7.67. The number of benzene rings is 1. The van der Waals surface area contributed by atoms with Crippen molar-refractivity contribution in [2.24, 2.45) is 0 Å². The number of likely N-dealkylation sites (tertiary alicyclic amines) is 1. The van der Waals surface area contributed by atoms with E-state index >= 15 is 0 Å². The number of aryl methyl sites for hydroxylation is 1. The highest BCUT2D eigenvalue weighted by atomic mass is 16.5. The fraction of sp³-hybridized carbons (Fsp3) is 0.500. The van der Waals surface area contributed by atoms with Crippen LogP contribution in [0.2, 0.25) is 0 Å². The van der Waals surface area contributed by atoms with Gasteiger partial charge in [0.05, 0.1) is 18.4 Å². The van der Waals surface area contributed by atoms with E-state index in [2.05, 4.69) is 22.1 Å². The van der Waals surface area contributed by atoms with Gasteiger partial charge in [0.15, 0.2) is 0 Å². The van der Waals surface area contributed by atoms with E-state index in [1.54, 1.807) is 18.6 Å². The van der Waals surface area contributed by atoms with Crippen molar-refractivity contribution in [2.45, 2.75) is 50.2 Å². The molecule has 4 rings (SSSR count). The molecule has 2 saturated heterocycles. The summed E-state index contributed by atoms with van der Waals surface area (Å²) in [7, 11) is 0. The fourth-order valence-corrected chi connectivity index (χ4v) is 4.17. The largest absolute Gasteiger partial charge is 0.473 e. The third-order valence-corrected chi connectivity index (χ3v) is 5.77. The Morgan fingerprint density at radius 2 is 2.04 bits per heavy atom. The van der Waals surface area contributed by atoms with Gasteiger partial charge in [-0.25, -0.2) is 4.98 Å². The Labute approximate surface area is 165 Å². The van der Waals surface area contributed by atoms with Crippen molar-refractivity contribution in [3.63, 3.8) is 0 Å². The van der Waals surface area contributed by atoms with Gasteiger partial charge in [-0.2, -0.15) is 0 Å². The van der Waals surface area contributed by atoms with E-state index < -0.39 is 0 Å². The molecule has 1 amide bonds. The Morgan fingerprint density at radius 3 is 2.79 bits per heavy atom. The van der Waals surface area contributed by atoms with Crippen LogP contribution in [-0.2, 0) is 16.0 Å². The maximum absolute atomic E-state index is 12.6. The molecule has 0 bridgehead atoms. The second kappa shape index (κ2) is 8.69. The highest BCUT2D eigenvalue weighted by Crippen LogP contribution is 2.36. The molecule has 6 heteroatoms. The van der Waals surface area contributed by atoms with Crippen molar-refractivity contribution in [1.29, 1.82) is 0 Å². The lowest BCUT2D eigenvalue weighted by Gasteiger charge is -2.45. The zero-order chi connectivity index (χ0) is 19.2. The Kier molecular flexibility index (Phi) is 5.86. The van der Waals surface area contributed by atoms with Gasteiger partial charge in [0.2, 0.25) is 11.8 Å². The number of amides is 1. The Bertz CT molecular complexity index is 761. The van der Waals surface area contributed by atoms with Crippen LogP contribution in [0.1, 0.15) is 37.7 Å². The minimum absolute atomic E-state index is 0.0887. The summed E-state index contributed by atoms with van der Waals surface area (Å²) in [5.74, 6) is 0.806. The summed E-state index contributed by atoms with van der Waals surface area (Å²) in [5, 5.41) is 0. The minimum atomic E-state index is -0.179. The molecule has 2 aliphatic rings. The molecule has 6 nitrogen and oxygen atoms in total. The number of aromatic nitrogens is 2. The molecule has 28 heavy (non-hydrogen) atoms. The molecule has 2 aromatic rings. The zero-order valence-corrected chi connectivity index (χ0v) is 16.1. The van der Waals surface area contributed by atoms with Crippen LogP contribution >= 0.6 is 0 Å². The van der Waals surface area contributed by atoms with Crippen LogP contribution in [0.15, 0.2) is 48.9 Å². The summed E-state index contributed by atoms with van der Waals surface area (Å²) in [6.07, 6.45) is 9.82. The molecule has 1 atom stereocenters. The van der Waals surface area contributed by atoms with Crippen molar-refractivity contribution < 1.29 is 14.3 Å². The normalized spacial score (nSPS) is 21.4. The van der Waals surface area contributed by atoms with Crippen molar-refractivity contribution >= 4 is 5.91 Å². The highest BCUT2D eigenvalue weighted by molar-refractivity contribution is 5.76. The van der Waals surface area contributed by atoms with Gasteiger partial charge in [0, 0.05) is 44.7 Å². The first-order valence-electron chi connectivity index (χ1n) is 10.1. The van der Waals surface area contributed by atoms with Crippen molar-refractivity contribution in [3.8, 4) is 5.88 Å². The van der Waals surface area contributed by atoms with Gasteiger partial charge < -0.3 is 14.4 Å². The summed E-state index contributed by atoms with van der Waals surface area (Å²) >= 11 is 0. The van der Waals surface area contributed by atoms with Gasteiger partial charge in [-0.3, -0.25) is 9.78 Å².